The van der Waals surface area contributed by atoms with Crippen molar-refractivity contribution >= 4 is 23.2 Å². The number of anilines is 3. The van der Waals surface area contributed by atoms with Crippen molar-refractivity contribution in [3.05, 3.63) is 42.2 Å². The third-order valence-corrected chi connectivity index (χ3v) is 4.54. The van der Waals surface area contributed by atoms with Crippen LogP contribution in [-0.2, 0) is 0 Å². The van der Waals surface area contributed by atoms with E-state index in [0.717, 1.165) is 44.7 Å². The maximum absolute atomic E-state index is 12.3. The van der Waals surface area contributed by atoms with Gasteiger partial charge in [0.05, 0.1) is 5.56 Å². The van der Waals surface area contributed by atoms with Crippen molar-refractivity contribution < 1.29 is 4.79 Å². The summed E-state index contributed by atoms with van der Waals surface area (Å²) in [5, 5.41) is 3.18. The first-order valence-electron chi connectivity index (χ1n) is 8.94. The summed E-state index contributed by atoms with van der Waals surface area (Å²) in [6.45, 7) is 7.93. The highest BCUT2D eigenvalue weighted by molar-refractivity contribution is 5.93. The van der Waals surface area contributed by atoms with E-state index in [-0.39, 0.29) is 5.91 Å². The molecule has 1 aromatic heterocycles. The molecule has 2 aromatic rings. The zero-order chi connectivity index (χ0) is 17.6. The molecule has 1 aliphatic heterocycles. The summed E-state index contributed by atoms with van der Waals surface area (Å²) in [6, 6.07) is 8.20. The van der Waals surface area contributed by atoms with Gasteiger partial charge in [0.15, 0.2) is 0 Å². The van der Waals surface area contributed by atoms with Crippen LogP contribution in [0.15, 0.2) is 36.7 Å². The lowest BCUT2D eigenvalue weighted by molar-refractivity contribution is 0.0792. The van der Waals surface area contributed by atoms with Gasteiger partial charge in [-0.25, -0.2) is 9.97 Å². The maximum Gasteiger partial charge on any atom is 0.256 e. The predicted octanol–water partition coefficient (Wildman–Crippen LogP) is 3.30. The number of rotatable bonds is 6. The molecule has 0 aliphatic carbocycles. The Kier molecular flexibility index (Phi) is 5.48. The minimum atomic E-state index is 0.0209. The van der Waals surface area contributed by atoms with E-state index in [1.165, 1.54) is 5.69 Å². The Morgan fingerprint density at radius 2 is 1.68 bits per heavy atom. The summed E-state index contributed by atoms with van der Waals surface area (Å²) in [4.78, 5) is 25.0. The van der Waals surface area contributed by atoms with Gasteiger partial charge in [0.2, 0.25) is 5.95 Å². The topological polar surface area (TPSA) is 61.4 Å². The van der Waals surface area contributed by atoms with Crippen LogP contribution in [0.2, 0.25) is 0 Å². The number of aromatic nitrogens is 2. The zero-order valence-corrected chi connectivity index (χ0v) is 14.9. The number of benzene rings is 1. The van der Waals surface area contributed by atoms with Gasteiger partial charge < -0.3 is 15.1 Å². The maximum atomic E-state index is 12.3. The number of nitrogens with zero attached hydrogens (tertiary/aromatic N) is 4. The molecule has 1 aromatic carbocycles. The molecule has 25 heavy (non-hydrogen) atoms. The molecule has 0 unspecified atom stereocenters. The van der Waals surface area contributed by atoms with E-state index in [1.807, 2.05) is 17.0 Å². The Bertz CT molecular complexity index is 689. The lowest BCUT2D eigenvalue weighted by Gasteiger charge is -2.21. The Balaban J connectivity index is 1.64. The summed E-state index contributed by atoms with van der Waals surface area (Å²) in [6.07, 6.45) is 5.35. The molecule has 6 heteroatoms. The van der Waals surface area contributed by atoms with Crippen molar-refractivity contribution in [2.45, 2.75) is 26.7 Å². The highest BCUT2D eigenvalue weighted by atomic mass is 16.2. The van der Waals surface area contributed by atoms with Crippen molar-refractivity contribution in [2.75, 3.05) is 36.4 Å². The zero-order valence-electron chi connectivity index (χ0n) is 14.9. The van der Waals surface area contributed by atoms with Gasteiger partial charge in [0.1, 0.15) is 0 Å². The second-order valence-corrected chi connectivity index (χ2v) is 6.14. The van der Waals surface area contributed by atoms with Crippen molar-refractivity contribution in [3.8, 4) is 0 Å². The molecular weight excluding hydrogens is 314 g/mol. The van der Waals surface area contributed by atoms with E-state index in [4.69, 9.17) is 0 Å². The van der Waals surface area contributed by atoms with Gasteiger partial charge in [-0.2, -0.15) is 0 Å². The lowest BCUT2D eigenvalue weighted by Crippen LogP contribution is -2.27. The highest BCUT2D eigenvalue weighted by Gasteiger charge is 2.19. The van der Waals surface area contributed by atoms with Crippen LogP contribution in [-0.4, -0.2) is 47.0 Å². The number of likely N-dealkylation sites (tertiary alicyclic amines) is 1. The van der Waals surface area contributed by atoms with E-state index in [1.54, 1.807) is 12.4 Å². The van der Waals surface area contributed by atoms with Gasteiger partial charge in [-0.15, -0.1) is 0 Å². The second kappa shape index (κ2) is 7.96. The summed E-state index contributed by atoms with van der Waals surface area (Å²) >= 11 is 0. The van der Waals surface area contributed by atoms with Gasteiger partial charge in [0, 0.05) is 49.9 Å². The van der Waals surface area contributed by atoms with E-state index in [2.05, 4.69) is 46.2 Å². The minimum Gasteiger partial charge on any atom is -0.372 e. The van der Waals surface area contributed by atoms with Gasteiger partial charge in [-0.05, 0) is 51.0 Å². The molecule has 0 radical (unpaired) electrons. The molecule has 3 rings (SSSR count). The number of hydrogen-bond donors (Lipinski definition) is 1. The molecule has 1 fully saturated rings. The first-order chi connectivity index (χ1) is 12.2. The van der Waals surface area contributed by atoms with Crippen LogP contribution in [0.4, 0.5) is 17.3 Å². The SMILES string of the molecule is CCN(CC)c1ccc(Nc2ncc(C(=O)N3CCCC3)cn2)cc1. The summed E-state index contributed by atoms with van der Waals surface area (Å²) in [5.74, 6) is 0.515. The second-order valence-electron chi connectivity index (χ2n) is 6.14. The predicted molar refractivity (Wildman–Crippen MR) is 100 cm³/mol. The third-order valence-electron chi connectivity index (χ3n) is 4.54. The Morgan fingerprint density at radius 1 is 1.08 bits per heavy atom. The number of amides is 1. The van der Waals surface area contributed by atoms with Crippen LogP contribution in [0.1, 0.15) is 37.0 Å². The first-order valence-corrected chi connectivity index (χ1v) is 8.94. The molecule has 2 heterocycles. The third kappa shape index (κ3) is 4.07. The first kappa shape index (κ1) is 17.2. The molecular formula is C19H25N5O. The molecule has 6 nitrogen and oxygen atoms in total. The van der Waals surface area contributed by atoms with Gasteiger partial charge in [-0.1, -0.05) is 0 Å². The fraction of sp³-hybridized carbons (Fsp3) is 0.421. The number of carbonyl (C=O) groups is 1. The fourth-order valence-electron chi connectivity index (χ4n) is 3.08. The number of nitrogens with one attached hydrogen (secondary N) is 1. The Hall–Kier alpha value is -2.63. The fourth-order valence-corrected chi connectivity index (χ4v) is 3.08. The normalized spacial score (nSPS) is 13.8. The molecule has 1 N–H and O–H groups in total. The van der Waals surface area contributed by atoms with E-state index in [0.29, 0.717) is 11.5 Å². The molecule has 1 amide bonds. The quantitative estimate of drug-likeness (QED) is 0.875. The summed E-state index contributed by atoms with van der Waals surface area (Å²) < 4.78 is 0. The van der Waals surface area contributed by atoms with E-state index in [9.17, 15) is 4.79 Å². The van der Waals surface area contributed by atoms with Gasteiger partial charge in [-0.3, -0.25) is 4.79 Å². The number of carbonyl (C=O) groups excluding carboxylic acids is 1. The molecule has 0 spiro atoms. The van der Waals surface area contributed by atoms with Crippen LogP contribution in [0.25, 0.3) is 0 Å². The van der Waals surface area contributed by atoms with Crippen LogP contribution >= 0.6 is 0 Å². The molecule has 0 bridgehead atoms. The largest absolute Gasteiger partial charge is 0.372 e. The van der Waals surface area contributed by atoms with Gasteiger partial charge >= 0.3 is 0 Å². The molecule has 132 valence electrons. The van der Waals surface area contributed by atoms with Crippen molar-refractivity contribution in [1.29, 1.82) is 0 Å². The average Bonchev–Trinajstić information content (AvgIpc) is 3.19. The smallest absolute Gasteiger partial charge is 0.256 e. The lowest BCUT2D eigenvalue weighted by atomic mass is 10.2. The summed E-state index contributed by atoms with van der Waals surface area (Å²) in [7, 11) is 0. The molecule has 0 atom stereocenters. The van der Waals surface area contributed by atoms with Crippen LogP contribution < -0.4 is 10.2 Å². The average molecular weight is 339 g/mol. The van der Waals surface area contributed by atoms with Crippen molar-refractivity contribution in [1.82, 2.24) is 14.9 Å². The van der Waals surface area contributed by atoms with Crippen LogP contribution in [0.3, 0.4) is 0 Å². The Labute approximate surface area is 148 Å². The van der Waals surface area contributed by atoms with E-state index < -0.39 is 0 Å². The molecule has 1 saturated heterocycles. The highest BCUT2D eigenvalue weighted by Crippen LogP contribution is 2.20. The van der Waals surface area contributed by atoms with Crippen molar-refractivity contribution in [2.24, 2.45) is 0 Å². The van der Waals surface area contributed by atoms with Crippen molar-refractivity contribution in [3.63, 3.8) is 0 Å². The number of hydrogen-bond acceptors (Lipinski definition) is 5. The van der Waals surface area contributed by atoms with E-state index >= 15 is 0 Å². The minimum absolute atomic E-state index is 0.0209. The molecule has 0 saturated carbocycles. The molecule has 1 aliphatic rings. The monoisotopic (exact) mass is 339 g/mol. The summed E-state index contributed by atoms with van der Waals surface area (Å²) in [5.41, 5.74) is 2.67. The van der Waals surface area contributed by atoms with Crippen LogP contribution in [0.5, 0.6) is 0 Å². The Morgan fingerprint density at radius 3 is 2.24 bits per heavy atom. The van der Waals surface area contributed by atoms with Crippen LogP contribution in [0, 0.1) is 0 Å². The van der Waals surface area contributed by atoms with Gasteiger partial charge in [0.25, 0.3) is 5.91 Å². The standard InChI is InChI=1S/C19H25N5O/c1-3-23(4-2)17-9-7-16(8-10-17)22-19-20-13-15(14-21-19)18(25)24-11-5-6-12-24/h7-10,13-14H,3-6,11-12H2,1-2H3,(H,20,21,22).